The summed E-state index contributed by atoms with van der Waals surface area (Å²) in [6.45, 7) is 1.89. The zero-order valence-electron chi connectivity index (χ0n) is 11.5. The third kappa shape index (κ3) is 2.16. The van der Waals surface area contributed by atoms with E-state index in [4.69, 9.17) is 4.74 Å². The number of ether oxygens (including phenoxy) is 1. The van der Waals surface area contributed by atoms with Gasteiger partial charge in [-0.3, -0.25) is 4.79 Å². The summed E-state index contributed by atoms with van der Waals surface area (Å²) in [6.07, 6.45) is 6.37. The zero-order chi connectivity index (χ0) is 14.3. The van der Waals surface area contributed by atoms with Crippen LogP contribution in [0.5, 0.6) is 0 Å². The summed E-state index contributed by atoms with van der Waals surface area (Å²) in [7, 11) is 1.35. The molecule has 0 aliphatic heterocycles. The van der Waals surface area contributed by atoms with Crippen molar-refractivity contribution in [1.82, 2.24) is 0 Å². The summed E-state index contributed by atoms with van der Waals surface area (Å²) in [5, 5.41) is 4.80. The number of methoxy groups -OCH3 is 1. The van der Waals surface area contributed by atoms with Gasteiger partial charge < -0.3 is 10.1 Å². The van der Waals surface area contributed by atoms with E-state index in [1.165, 1.54) is 18.4 Å². The Hall–Kier alpha value is -1.62. The van der Waals surface area contributed by atoms with Gasteiger partial charge in [-0.25, -0.2) is 4.79 Å². The molecular formula is C15H17NO3S. The molecule has 3 unspecified atom stereocenters. The second-order valence-electron chi connectivity index (χ2n) is 5.49. The van der Waals surface area contributed by atoms with Gasteiger partial charge in [-0.1, -0.05) is 12.2 Å². The highest BCUT2D eigenvalue weighted by atomic mass is 32.1. The summed E-state index contributed by atoms with van der Waals surface area (Å²) in [4.78, 5) is 24.6. The summed E-state index contributed by atoms with van der Waals surface area (Å²) >= 11 is 1.31. The number of nitrogens with one attached hydrogen (secondary N) is 1. The van der Waals surface area contributed by atoms with Gasteiger partial charge in [0.05, 0.1) is 12.8 Å². The first-order valence-electron chi connectivity index (χ1n) is 6.75. The second-order valence-corrected chi connectivity index (χ2v) is 6.37. The van der Waals surface area contributed by atoms with Gasteiger partial charge in [-0.05, 0) is 42.5 Å². The van der Waals surface area contributed by atoms with E-state index in [9.17, 15) is 9.59 Å². The average Bonchev–Trinajstić information content (AvgIpc) is 3.14. The lowest BCUT2D eigenvalue weighted by molar-refractivity contribution is -0.120. The number of carbonyl (C=O) groups is 2. The summed E-state index contributed by atoms with van der Waals surface area (Å²) < 4.78 is 4.76. The molecule has 2 bridgehead atoms. The van der Waals surface area contributed by atoms with E-state index >= 15 is 0 Å². The van der Waals surface area contributed by atoms with Crippen LogP contribution in [0.25, 0.3) is 0 Å². The van der Waals surface area contributed by atoms with Gasteiger partial charge in [0.1, 0.15) is 4.88 Å². The molecule has 1 fully saturated rings. The predicted molar refractivity (Wildman–Crippen MR) is 77.9 cm³/mol. The molecule has 1 heterocycles. The number of esters is 1. The third-order valence-corrected chi connectivity index (χ3v) is 5.29. The molecular weight excluding hydrogens is 274 g/mol. The minimum absolute atomic E-state index is 0.0218. The largest absolute Gasteiger partial charge is 0.465 e. The van der Waals surface area contributed by atoms with Crippen molar-refractivity contribution in [3.8, 4) is 0 Å². The van der Waals surface area contributed by atoms with Crippen molar-refractivity contribution in [1.29, 1.82) is 0 Å². The first-order chi connectivity index (χ1) is 9.60. The van der Waals surface area contributed by atoms with E-state index < -0.39 is 5.97 Å². The Labute approximate surface area is 121 Å². The predicted octanol–water partition coefficient (Wildman–Crippen LogP) is 2.99. The molecule has 5 heteroatoms. The van der Waals surface area contributed by atoms with E-state index in [0.29, 0.717) is 22.4 Å². The molecule has 0 spiro atoms. The van der Waals surface area contributed by atoms with Gasteiger partial charge in [-0.2, -0.15) is 0 Å². The van der Waals surface area contributed by atoms with Gasteiger partial charge >= 0.3 is 5.97 Å². The number of carbonyl (C=O) groups excluding carboxylic acids is 2. The van der Waals surface area contributed by atoms with Crippen LogP contribution in [-0.4, -0.2) is 19.0 Å². The Bertz CT molecular complexity index is 590. The van der Waals surface area contributed by atoms with Crippen LogP contribution in [0.3, 0.4) is 0 Å². The molecule has 1 saturated carbocycles. The van der Waals surface area contributed by atoms with Gasteiger partial charge in [0.15, 0.2) is 0 Å². The minimum Gasteiger partial charge on any atom is -0.465 e. The fourth-order valence-electron chi connectivity index (χ4n) is 3.14. The Morgan fingerprint density at radius 1 is 1.35 bits per heavy atom. The first kappa shape index (κ1) is 13.4. The van der Waals surface area contributed by atoms with Crippen LogP contribution in [0.1, 0.15) is 28.1 Å². The maximum absolute atomic E-state index is 12.4. The highest BCUT2D eigenvalue weighted by Crippen LogP contribution is 2.44. The van der Waals surface area contributed by atoms with Crippen LogP contribution in [0.2, 0.25) is 0 Å². The van der Waals surface area contributed by atoms with Crippen molar-refractivity contribution in [2.45, 2.75) is 19.8 Å². The molecule has 20 heavy (non-hydrogen) atoms. The van der Waals surface area contributed by atoms with Gasteiger partial charge in [-0.15, -0.1) is 11.3 Å². The summed E-state index contributed by atoms with van der Waals surface area (Å²) in [5.74, 6) is 0.578. The lowest BCUT2D eigenvalue weighted by atomic mass is 9.92. The number of hydrogen-bond acceptors (Lipinski definition) is 4. The van der Waals surface area contributed by atoms with Crippen LogP contribution in [0.4, 0.5) is 5.69 Å². The highest BCUT2D eigenvalue weighted by Gasteiger charge is 2.40. The Kier molecular flexibility index (Phi) is 3.38. The molecule has 4 nitrogen and oxygen atoms in total. The van der Waals surface area contributed by atoms with E-state index in [-0.39, 0.29) is 11.8 Å². The van der Waals surface area contributed by atoms with E-state index in [1.807, 2.05) is 12.3 Å². The maximum atomic E-state index is 12.4. The van der Waals surface area contributed by atoms with Gasteiger partial charge in [0.2, 0.25) is 5.91 Å². The molecule has 2 aliphatic carbocycles. The third-order valence-electron chi connectivity index (χ3n) is 4.21. The molecule has 0 radical (unpaired) electrons. The van der Waals surface area contributed by atoms with Gasteiger partial charge in [0.25, 0.3) is 0 Å². The fraction of sp³-hybridized carbons (Fsp3) is 0.467. The SMILES string of the molecule is COC(=O)c1scc(C)c1NC(=O)C1CC2C=CC1C2. The minimum atomic E-state index is -0.397. The van der Waals surface area contributed by atoms with Crippen molar-refractivity contribution < 1.29 is 14.3 Å². The molecule has 2 aliphatic rings. The number of aryl methyl sites for hydroxylation is 1. The summed E-state index contributed by atoms with van der Waals surface area (Å²) in [6, 6.07) is 0. The number of fused-ring (bicyclic) bond motifs is 2. The lowest BCUT2D eigenvalue weighted by Gasteiger charge is -2.18. The Balaban J connectivity index is 1.78. The first-order valence-corrected chi connectivity index (χ1v) is 7.63. The standard InChI is InChI=1S/C15H17NO3S/c1-8-7-20-13(15(18)19-2)12(8)16-14(17)11-6-9-3-4-10(11)5-9/h3-4,7,9-11H,5-6H2,1-2H3,(H,16,17). The number of allylic oxidation sites excluding steroid dienone is 2. The number of amides is 1. The molecule has 106 valence electrons. The molecule has 1 amide bonds. The zero-order valence-corrected chi connectivity index (χ0v) is 12.3. The van der Waals surface area contributed by atoms with Crippen LogP contribution in [0, 0.1) is 24.7 Å². The monoisotopic (exact) mass is 291 g/mol. The number of anilines is 1. The highest BCUT2D eigenvalue weighted by molar-refractivity contribution is 7.12. The van der Waals surface area contributed by atoms with Gasteiger partial charge in [0, 0.05) is 5.92 Å². The average molecular weight is 291 g/mol. The van der Waals surface area contributed by atoms with Crippen LogP contribution >= 0.6 is 11.3 Å². The molecule has 3 rings (SSSR count). The normalized spacial score (nSPS) is 26.8. The van der Waals surface area contributed by atoms with Crippen molar-refractivity contribution in [3.05, 3.63) is 28.0 Å². The van der Waals surface area contributed by atoms with E-state index in [0.717, 1.165) is 18.4 Å². The Morgan fingerprint density at radius 3 is 2.75 bits per heavy atom. The molecule has 0 aromatic carbocycles. The smallest absolute Gasteiger partial charge is 0.350 e. The van der Waals surface area contributed by atoms with E-state index in [1.54, 1.807) is 0 Å². The molecule has 0 saturated heterocycles. The number of rotatable bonds is 3. The topological polar surface area (TPSA) is 55.4 Å². The lowest BCUT2D eigenvalue weighted by Crippen LogP contribution is -2.26. The number of thiophene rings is 1. The van der Waals surface area contributed by atoms with Crippen LogP contribution in [0.15, 0.2) is 17.5 Å². The maximum Gasteiger partial charge on any atom is 0.350 e. The molecule has 1 N–H and O–H groups in total. The van der Waals surface area contributed by atoms with Crippen molar-refractivity contribution in [3.63, 3.8) is 0 Å². The Morgan fingerprint density at radius 2 is 2.15 bits per heavy atom. The molecule has 1 aromatic rings. The van der Waals surface area contributed by atoms with Crippen LogP contribution < -0.4 is 5.32 Å². The van der Waals surface area contributed by atoms with Crippen molar-refractivity contribution in [2.75, 3.05) is 12.4 Å². The van der Waals surface area contributed by atoms with E-state index in [2.05, 4.69) is 17.5 Å². The summed E-state index contributed by atoms with van der Waals surface area (Å²) in [5.41, 5.74) is 1.51. The molecule has 3 atom stereocenters. The van der Waals surface area contributed by atoms with Crippen molar-refractivity contribution in [2.24, 2.45) is 17.8 Å². The fourth-order valence-corrected chi connectivity index (χ4v) is 4.06. The second kappa shape index (κ2) is 5.05. The van der Waals surface area contributed by atoms with Crippen molar-refractivity contribution >= 4 is 28.9 Å². The quantitative estimate of drug-likeness (QED) is 0.688. The number of hydrogen-bond donors (Lipinski definition) is 1. The van der Waals surface area contributed by atoms with Crippen LogP contribution in [-0.2, 0) is 9.53 Å². The molecule has 1 aromatic heterocycles.